The first kappa shape index (κ1) is 25.6. The van der Waals surface area contributed by atoms with Crippen LogP contribution in [0, 0.1) is 17.6 Å². The van der Waals surface area contributed by atoms with Gasteiger partial charge < -0.3 is 10.1 Å². The van der Waals surface area contributed by atoms with E-state index in [1.54, 1.807) is 20.8 Å². The average molecular weight is 496 g/mol. The molecule has 1 heterocycles. The number of nitrogens with zero attached hydrogens (tertiary/aromatic N) is 1. The minimum absolute atomic E-state index is 0.0226. The number of piperidine rings is 1. The van der Waals surface area contributed by atoms with Gasteiger partial charge in [0.2, 0.25) is 15.9 Å². The fourth-order valence-corrected chi connectivity index (χ4v) is 5.03. The lowest BCUT2D eigenvalue weighted by molar-refractivity contribution is -0.120. The Kier molecular flexibility index (Phi) is 7.57. The molecule has 1 fully saturated rings. The molecular formula is C23H27F2N3O5S. The maximum Gasteiger partial charge on any atom is 0.412 e. The molecule has 3 rings (SSSR count). The fourth-order valence-electron chi connectivity index (χ4n) is 3.51. The Hall–Kier alpha value is -3.05. The molecule has 0 aromatic heterocycles. The number of amides is 2. The van der Waals surface area contributed by atoms with E-state index in [0.29, 0.717) is 12.8 Å². The van der Waals surface area contributed by atoms with Crippen molar-refractivity contribution in [3.63, 3.8) is 0 Å². The third-order valence-corrected chi connectivity index (χ3v) is 6.96. The molecule has 11 heteroatoms. The largest absolute Gasteiger partial charge is 0.444 e. The van der Waals surface area contributed by atoms with E-state index in [1.807, 2.05) is 0 Å². The highest BCUT2D eigenvalue weighted by molar-refractivity contribution is 7.89. The van der Waals surface area contributed by atoms with E-state index in [0.717, 1.165) is 24.3 Å². The summed E-state index contributed by atoms with van der Waals surface area (Å²) in [5.41, 5.74) is -0.597. The minimum Gasteiger partial charge on any atom is -0.444 e. The molecule has 184 valence electrons. The standard InChI is InChI=1S/C23H27F2N3O5S/c1-23(2,3)33-22(30)27-19-11-8-17(25)13-20(19)26-21(29)15-5-4-12-28(14-15)34(31,32)18-9-6-16(24)7-10-18/h6-11,13,15H,4-5,12,14H2,1-3H3,(H,26,29)(H,27,30). The molecule has 0 radical (unpaired) electrons. The SMILES string of the molecule is CC(C)(C)OC(=O)Nc1ccc(F)cc1NC(=O)C1CCCN(S(=O)(=O)c2ccc(F)cc2)C1. The Balaban J connectivity index is 1.73. The van der Waals surface area contributed by atoms with Crippen molar-refractivity contribution in [2.24, 2.45) is 5.92 Å². The third-order valence-electron chi connectivity index (χ3n) is 5.08. The van der Waals surface area contributed by atoms with Gasteiger partial charge in [0.25, 0.3) is 0 Å². The smallest absolute Gasteiger partial charge is 0.412 e. The van der Waals surface area contributed by atoms with E-state index in [9.17, 15) is 26.8 Å². The van der Waals surface area contributed by atoms with Crippen molar-refractivity contribution >= 4 is 33.4 Å². The van der Waals surface area contributed by atoms with Crippen molar-refractivity contribution in [1.82, 2.24) is 4.31 Å². The lowest BCUT2D eigenvalue weighted by Crippen LogP contribution is -2.43. The van der Waals surface area contributed by atoms with Crippen LogP contribution in [0.5, 0.6) is 0 Å². The zero-order valence-corrected chi connectivity index (χ0v) is 19.9. The summed E-state index contributed by atoms with van der Waals surface area (Å²) in [6.07, 6.45) is 0.0830. The van der Waals surface area contributed by atoms with Crippen molar-refractivity contribution in [3.8, 4) is 0 Å². The Bertz CT molecular complexity index is 1160. The molecule has 1 unspecified atom stereocenters. The first-order valence-electron chi connectivity index (χ1n) is 10.7. The molecule has 0 bridgehead atoms. The van der Waals surface area contributed by atoms with Gasteiger partial charge in [-0.15, -0.1) is 0 Å². The van der Waals surface area contributed by atoms with Gasteiger partial charge in [0.1, 0.15) is 17.2 Å². The van der Waals surface area contributed by atoms with Gasteiger partial charge in [-0.2, -0.15) is 4.31 Å². The molecule has 2 amide bonds. The maximum atomic E-state index is 13.9. The lowest BCUT2D eigenvalue weighted by atomic mass is 9.98. The summed E-state index contributed by atoms with van der Waals surface area (Å²) in [6, 6.07) is 7.95. The van der Waals surface area contributed by atoms with Gasteiger partial charge in [0.15, 0.2) is 0 Å². The maximum absolute atomic E-state index is 13.9. The Morgan fingerprint density at radius 3 is 2.29 bits per heavy atom. The molecule has 2 N–H and O–H groups in total. The van der Waals surface area contributed by atoms with Crippen LogP contribution < -0.4 is 10.6 Å². The van der Waals surface area contributed by atoms with Crippen molar-refractivity contribution in [2.75, 3.05) is 23.7 Å². The summed E-state index contributed by atoms with van der Waals surface area (Å²) < 4.78 is 59.3. The molecular weight excluding hydrogens is 468 g/mol. The molecule has 2 aromatic rings. The van der Waals surface area contributed by atoms with E-state index in [-0.39, 0.29) is 29.4 Å². The monoisotopic (exact) mass is 495 g/mol. The number of rotatable bonds is 5. The van der Waals surface area contributed by atoms with Crippen LogP contribution in [0.15, 0.2) is 47.4 Å². The van der Waals surface area contributed by atoms with Crippen molar-refractivity contribution in [2.45, 2.75) is 44.1 Å². The van der Waals surface area contributed by atoms with Crippen LogP contribution in [0.25, 0.3) is 0 Å². The molecule has 34 heavy (non-hydrogen) atoms. The number of hydrogen-bond acceptors (Lipinski definition) is 5. The molecule has 1 atom stereocenters. The minimum atomic E-state index is -3.91. The summed E-state index contributed by atoms with van der Waals surface area (Å²) in [6.45, 7) is 5.20. The van der Waals surface area contributed by atoms with E-state index in [2.05, 4.69) is 10.6 Å². The number of carbonyl (C=O) groups excluding carboxylic acids is 2. The zero-order chi connectivity index (χ0) is 25.1. The number of nitrogens with one attached hydrogen (secondary N) is 2. The van der Waals surface area contributed by atoms with Crippen LogP contribution in [0.1, 0.15) is 33.6 Å². The van der Waals surface area contributed by atoms with Crippen molar-refractivity contribution < 1.29 is 31.5 Å². The number of hydrogen-bond donors (Lipinski definition) is 2. The first-order valence-corrected chi connectivity index (χ1v) is 12.2. The zero-order valence-electron chi connectivity index (χ0n) is 19.1. The second kappa shape index (κ2) is 10.1. The third kappa shape index (κ3) is 6.51. The second-order valence-electron chi connectivity index (χ2n) is 8.96. The van der Waals surface area contributed by atoms with Gasteiger partial charge in [-0.3, -0.25) is 10.1 Å². The Morgan fingerprint density at radius 1 is 1.00 bits per heavy atom. The predicted octanol–water partition coefficient (Wildman–Crippen LogP) is 4.35. The van der Waals surface area contributed by atoms with Crippen LogP contribution in [-0.2, 0) is 19.6 Å². The van der Waals surface area contributed by atoms with E-state index >= 15 is 0 Å². The van der Waals surface area contributed by atoms with Crippen molar-refractivity contribution in [1.29, 1.82) is 0 Å². The summed E-state index contributed by atoms with van der Waals surface area (Å²) in [5.74, 6) is -2.41. The van der Waals surface area contributed by atoms with Gasteiger partial charge in [0, 0.05) is 13.1 Å². The molecule has 8 nitrogen and oxygen atoms in total. The molecule has 0 aliphatic carbocycles. The predicted molar refractivity (Wildman–Crippen MR) is 123 cm³/mol. The Labute approximate surface area is 197 Å². The Morgan fingerprint density at radius 2 is 1.65 bits per heavy atom. The number of sulfonamides is 1. The van der Waals surface area contributed by atoms with Crippen LogP contribution >= 0.6 is 0 Å². The van der Waals surface area contributed by atoms with Crippen molar-refractivity contribution in [3.05, 3.63) is 54.1 Å². The summed E-state index contributed by atoms with van der Waals surface area (Å²) in [7, 11) is -3.91. The van der Waals surface area contributed by atoms with E-state index in [4.69, 9.17) is 4.74 Å². The van der Waals surface area contributed by atoms with E-state index < -0.39 is 45.2 Å². The number of anilines is 2. The molecule has 0 spiro atoms. The summed E-state index contributed by atoms with van der Waals surface area (Å²) in [5, 5.41) is 5.07. The average Bonchev–Trinajstić information content (AvgIpc) is 2.75. The summed E-state index contributed by atoms with van der Waals surface area (Å²) >= 11 is 0. The summed E-state index contributed by atoms with van der Waals surface area (Å²) in [4.78, 5) is 25.0. The van der Waals surface area contributed by atoms with Gasteiger partial charge in [-0.25, -0.2) is 22.0 Å². The van der Waals surface area contributed by atoms with E-state index in [1.165, 1.54) is 22.5 Å². The van der Waals surface area contributed by atoms with Gasteiger partial charge >= 0.3 is 6.09 Å². The van der Waals surface area contributed by atoms with Crippen LogP contribution in [0.2, 0.25) is 0 Å². The number of benzene rings is 2. The molecule has 1 aliphatic rings. The fraction of sp³-hybridized carbons (Fsp3) is 0.391. The van der Waals surface area contributed by atoms with Gasteiger partial charge in [0.05, 0.1) is 22.2 Å². The van der Waals surface area contributed by atoms with Crippen LogP contribution in [0.3, 0.4) is 0 Å². The quantitative estimate of drug-likeness (QED) is 0.642. The number of halogens is 2. The number of carbonyl (C=O) groups is 2. The lowest BCUT2D eigenvalue weighted by Gasteiger charge is -2.31. The van der Waals surface area contributed by atoms with Crippen LogP contribution in [0.4, 0.5) is 25.0 Å². The topological polar surface area (TPSA) is 105 Å². The normalized spacial score (nSPS) is 17.1. The highest BCUT2D eigenvalue weighted by Crippen LogP contribution is 2.28. The molecule has 0 saturated carbocycles. The van der Waals surface area contributed by atoms with Gasteiger partial charge in [-0.05, 0) is 76.1 Å². The first-order chi connectivity index (χ1) is 15.8. The van der Waals surface area contributed by atoms with Crippen LogP contribution in [-0.4, -0.2) is 43.4 Å². The highest BCUT2D eigenvalue weighted by atomic mass is 32.2. The second-order valence-corrected chi connectivity index (χ2v) is 10.9. The highest BCUT2D eigenvalue weighted by Gasteiger charge is 2.33. The number of ether oxygens (including phenoxy) is 1. The molecule has 2 aromatic carbocycles. The van der Waals surface area contributed by atoms with Gasteiger partial charge in [-0.1, -0.05) is 0 Å². The molecule has 1 saturated heterocycles. The molecule has 1 aliphatic heterocycles.